The Labute approximate surface area is 178 Å². The summed E-state index contributed by atoms with van der Waals surface area (Å²) >= 11 is 12.3. The first kappa shape index (κ1) is 20.7. The van der Waals surface area contributed by atoms with E-state index in [0.717, 1.165) is 35.2 Å². The first-order valence-electron chi connectivity index (χ1n) is 8.51. The van der Waals surface area contributed by atoms with Gasteiger partial charge in [0.15, 0.2) is 0 Å². The van der Waals surface area contributed by atoms with E-state index in [4.69, 9.17) is 27.9 Å². The Balaban J connectivity index is 0.00000225. The zero-order valence-corrected chi connectivity index (χ0v) is 17.6. The Kier molecular flexibility index (Phi) is 6.05. The molecule has 2 N–H and O–H groups in total. The van der Waals surface area contributed by atoms with Crippen LogP contribution in [0.15, 0.2) is 24.5 Å². The molecule has 0 unspecified atom stereocenters. The number of halogens is 3. The normalized spacial score (nSPS) is 13.0. The topological polar surface area (TPSA) is 68.2 Å². The molecule has 6 nitrogen and oxygen atoms in total. The van der Waals surface area contributed by atoms with Gasteiger partial charge in [-0.05, 0) is 17.7 Å². The number of carbonyl (C=O) groups is 1. The highest BCUT2D eigenvalue weighted by Crippen LogP contribution is 2.37. The van der Waals surface area contributed by atoms with Gasteiger partial charge < -0.3 is 19.9 Å². The molecule has 0 spiro atoms. The average Bonchev–Trinajstić information content (AvgIpc) is 2.98. The van der Waals surface area contributed by atoms with Gasteiger partial charge in [-0.25, -0.2) is 0 Å². The summed E-state index contributed by atoms with van der Waals surface area (Å²) in [6.45, 7) is 1.61. The van der Waals surface area contributed by atoms with Gasteiger partial charge in [0.25, 0.3) is 5.91 Å². The molecule has 1 amide bonds. The number of aryl methyl sites for hydroxylation is 1. The summed E-state index contributed by atoms with van der Waals surface area (Å²) in [7, 11) is 3.64. The standard InChI is InChI=1S/C19H18Cl2N4O2.ClH/c1-25-14-5-6-22-7-11(14)16-10(3-4-15(27-2)18(16)25)19(26)24-17-12(20)8-23-9-13(17)21;/h3-4,8-9,22H,5-7H2,1-2H3,(H,23,24,26);1H. The predicted octanol–water partition coefficient (Wildman–Crippen LogP) is 4.21. The van der Waals surface area contributed by atoms with Crippen molar-refractivity contribution in [2.45, 2.75) is 13.0 Å². The molecule has 148 valence electrons. The van der Waals surface area contributed by atoms with Crippen LogP contribution in [0.3, 0.4) is 0 Å². The van der Waals surface area contributed by atoms with Gasteiger partial charge in [-0.15, -0.1) is 12.4 Å². The van der Waals surface area contributed by atoms with E-state index in [1.54, 1.807) is 13.2 Å². The lowest BCUT2D eigenvalue weighted by molar-refractivity contribution is 0.102. The summed E-state index contributed by atoms with van der Waals surface area (Å²) in [5, 5.41) is 7.67. The van der Waals surface area contributed by atoms with E-state index in [-0.39, 0.29) is 28.4 Å². The van der Waals surface area contributed by atoms with Gasteiger partial charge in [-0.1, -0.05) is 23.2 Å². The molecule has 0 bridgehead atoms. The Morgan fingerprint density at radius 1 is 1.29 bits per heavy atom. The maximum atomic E-state index is 13.1. The van der Waals surface area contributed by atoms with Crippen LogP contribution in [0, 0.1) is 0 Å². The fourth-order valence-corrected chi connectivity index (χ4v) is 4.15. The molecule has 1 aliphatic rings. The van der Waals surface area contributed by atoms with Crippen LogP contribution in [0.2, 0.25) is 10.0 Å². The molecule has 3 heterocycles. The van der Waals surface area contributed by atoms with Gasteiger partial charge in [-0.3, -0.25) is 9.78 Å². The van der Waals surface area contributed by atoms with E-state index in [2.05, 4.69) is 20.2 Å². The highest BCUT2D eigenvalue weighted by atomic mass is 35.5. The van der Waals surface area contributed by atoms with E-state index >= 15 is 0 Å². The third-order valence-electron chi connectivity index (χ3n) is 4.93. The van der Waals surface area contributed by atoms with Crippen molar-refractivity contribution in [2.75, 3.05) is 19.0 Å². The fourth-order valence-electron chi connectivity index (χ4n) is 3.69. The lowest BCUT2D eigenvalue weighted by atomic mass is 10.0. The molecule has 28 heavy (non-hydrogen) atoms. The van der Waals surface area contributed by atoms with Gasteiger partial charge in [0.05, 0.1) is 28.4 Å². The van der Waals surface area contributed by atoms with Crippen LogP contribution in [0.5, 0.6) is 5.75 Å². The molecule has 0 saturated carbocycles. The van der Waals surface area contributed by atoms with Gasteiger partial charge >= 0.3 is 0 Å². The molecule has 9 heteroatoms. The summed E-state index contributed by atoms with van der Waals surface area (Å²) in [5.41, 5.74) is 4.14. The molecule has 0 fully saturated rings. The molecular weight excluding hydrogens is 423 g/mol. The van der Waals surface area contributed by atoms with Crippen molar-refractivity contribution in [3.8, 4) is 5.75 Å². The van der Waals surface area contributed by atoms with Gasteiger partial charge in [0.2, 0.25) is 0 Å². The van der Waals surface area contributed by atoms with E-state index in [0.29, 0.717) is 17.8 Å². The summed E-state index contributed by atoms with van der Waals surface area (Å²) in [4.78, 5) is 17.0. The van der Waals surface area contributed by atoms with Crippen molar-refractivity contribution in [1.82, 2.24) is 14.9 Å². The zero-order chi connectivity index (χ0) is 19.1. The summed E-state index contributed by atoms with van der Waals surface area (Å²) < 4.78 is 7.67. The molecule has 1 aliphatic heterocycles. The largest absolute Gasteiger partial charge is 0.495 e. The van der Waals surface area contributed by atoms with Crippen molar-refractivity contribution >= 4 is 58.1 Å². The third kappa shape index (κ3) is 3.31. The second kappa shape index (κ2) is 8.17. The Bertz CT molecular complexity index is 1040. The second-order valence-corrected chi connectivity index (χ2v) is 7.20. The van der Waals surface area contributed by atoms with Crippen molar-refractivity contribution in [1.29, 1.82) is 0 Å². The highest BCUT2D eigenvalue weighted by Gasteiger charge is 2.25. The van der Waals surface area contributed by atoms with Gasteiger partial charge in [0.1, 0.15) is 5.75 Å². The number of nitrogens with one attached hydrogen (secondary N) is 2. The number of benzene rings is 1. The smallest absolute Gasteiger partial charge is 0.256 e. The lowest BCUT2D eigenvalue weighted by Crippen LogP contribution is -2.24. The molecule has 0 aliphatic carbocycles. The molecule has 1 aromatic carbocycles. The number of fused-ring (bicyclic) bond motifs is 3. The number of methoxy groups -OCH3 is 1. The number of anilines is 1. The van der Waals surface area contributed by atoms with Crippen LogP contribution in [0.1, 0.15) is 21.6 Å². The van der Waals surface area contributed by atoms with E-state index < -0.39 is 0 Å². The first-order valence-corrected chi connectivity index (χ1v) is 9.26. The monoisotopic (exact) mass is 440 g/mol. The predicted molar refractivity (Wildman–Crippen MR) is 114 cm³/mol. The number of hydrogen-bond donors (Lipinski definition) is 2. The van der Waals surface area contributed by atoms with E-state index in [1.807, 2.05) is 13.1 Å². The second-order valence-electron chi connectivity index (χ2n) is 6.38. The number of aromatic nitrogens is 2. The number of rotatable bonds is 3. The zero-order valence-electron chi connectivity index (χ0n) is 15.3. The van der Waals surface area contributed by atoms with Crippen molar-refractivity contribution < 1.29 is 9.53 Å². The highest BCUT2D eigenvalue weighted by molar-refractivity contribution is 6.39. The van der Waals surface area contributed by atoms with Gasteiger partial charge in [0, 0.05) is 55.6 Å². The van der Waals surface area contributed by atoms with E-state index in [1.165, 1.54) is 18.1 Å². The molecule has 0 atom stereocenters. The number of amides is 1. The number of pyridine rings is 1. The Morgan fingerprint density at radius 3 is 2.68 bits per heavy atom. The third-order valence-corrected chi connectivity index (χ3v) is 5.50. The number of ether oxygens (including phenoxy) is 1. The average molecular weight is 442 g/mol. The SMILES string of the molecule is COc1ccc(C(=O)Nc2c(Cl)cncc2Cl)c2c3c(n(C)c12)CCNC3.Cl. The number of carbonyl (C=O) groups excluding carboxylic acids is 1. The maximum absolute atomic E-state index is 13.1. The lowest BCUT2D eigenvalue weighted by Gasteiger charge is -2.15. The minimum atomic E-state index is -0.281. The summed E-state index contributed by atoms with van der Waals surface area (Å²) in [6.07, 6.45) is 3.79. The van der Waals surface area contributed by atoms with Crippen molar-refractivity contribution in [3.63, 3.8) is 0 Å². The molecule has 2 aromatic heterocycles. The van der Waals surface area contributed by atoms with Crippen LogP contribution < -0.4 is 15.4 Å². The van der Waals surface area contributed by atoms with Crippen molar-refractivity contribution in [3.05, 3.63) is 51.4 Å². The minimum absolute atomic E-state index is 0. The molecular formula is C19H19Cl3N4O2. The molecule has 0 saturated heterocycles. The van der Waals surface area contributed by atoms with Crippen LogP contribution in [-0.2, 0) is 20.0 Å². The summed E-state index contributed by atoms with van der Waals surface area (Å²) in [6, 6.07) is 3.58. The van der Waals surface area contributed by atoms with E-state index in [9.17, 15) is 4.79 Å². The summed E-state index contributed by atoms with van der Waals surface area (Å²) in [5.74, 6) is 0.454. The van der Waals surface area contributed by atoms with Crippen LogP contribution in [0.4, 0.5) is 5.69 Å². The van der Waals surface area contributed by atoms with Crippen LogP contribution >= 0.6 is 35.6 Å². The minimum Gasteiger partial charge on any atom is -0.495 e. The van der Waals surface area contributed by atoms with Crippen LogP contribution in [-0.4, -0.2) is 29.1 Å². The quantitative estimate of drug-likeness (QED) is 0.639. The Hall–Kier alpha value is -1.99. The first-order chi connectivity index (χ1) is 13.0. The Morgan fingerprint density at radius 2 is 2.00 bits per heavy atom. The van der Waals surface area contributed by atoms with Crippen LogP contribution in [0.25, 0.3) is 10.9 Å². The maximum Gasteiger partial charge on any atom is 0.256 e. The van der Waals surface area contributed by atoms with Crippen molar-refractivity contribution in [2.24, 2.45) is 7.05 Å². The molecule has 0 radical (unpaired) electrons. The molecule has 4 rings (SSSR count). The fraction of sp³-hybridized carbons (Fsp3) is 0.263. The molecule has 3 aromatic rings. The number of nitrogens with zero attached hydrogens (tertiary/aromatic N) is 2. The van der Waals surface area contributed by atoms with Gasteiger partial charge in [-0.2, -0.15) is 0 Å². The number of hydrogen-bond acceptors (Lipinski definition) is 4.